The molecule has 2 aromatic heterocycles. The van der Waals surface area contributed by atoms with Crippen LogP contribution >= 0.6 is 0 Å². The van der Waals surface area contributed by atoms with Gasteiger partial charge < -0.3 is 13.7 Å². The molecule has 0 fully saturated rings. The second-order valence-corrected chi connectivity index (χ2v) is 4.96. The number of hydrogen-bond donors (Lipinski definition) is 0. The predicted octanol–water partition coefficient (Wildman–Crippen LogP) is 3.57. The Hall–Kier alpha value is -2.49. The molecule has 0 spiro atoms. The molecular formula is C17H17NO3. The van der Waals surface area contributed by atoms with Gasteiger partial charge in [-0.1, -0.05) is 13.0 Å². The third kappa shape index (κ3) is 2.13. The first-order valence-electron chi connectivity index (χ1n) is 6.91. The van der Waals surface area contributed by atoms with Crippen molar-refractivity contribution in [1.82, 2.24) is 4.57 Å². The number of carbonyl (C=O) groups excluding carboxylic acids is 1. The van der Waals surface area contributed by atoms with E-state index < -0.39 is 0 Å². The Balaban J connectivity index is 2.18. The molecule has 1 aromatic carbocycles. The van der Waals surface area contributed by atoms with Crippen molar-refractivity contribution in [2.24, 2.45) is 7.05 Å². The molecule has 4 nitrogen and oxygen atoms in total. The zero-order valence-electron chi connectivity index (χ0n) is 12.3. The summed E-state index contributed by atoms with van der Waals surface area (Å²) < 4.78 is 12.9. The summed E-state index contributed by atoms with van der Waals surface area (Å²) in [6, 6.07) is 9.31. The van der Waals surface area contributed by atoms with E-state index in [9.17, 15) is 4.79 Å². The Kier molecular flexibility index (Phi) is 3.29. The van der Waals surface area contributed by atoms with Gasteiger partial charge in [0, 0.05) is 19.7 Å². The van der Waals surface area contributed by atoms with Crippen molar-refractivity contribution in [3.05, 3.63) is 53.6 Å². The van der Waals surface area contributed by atoms with Crippen molar-refractivity contribution < 1.29 is 13.9 Å². The van der Waals surface area contributed by atoms with Gasteiger partial charge in [0.15, 0.2) is 5.76 Å². The highest BCUT2D eigenvalue weighted by atomic mass is 16.5. The van der Waals surface area contributed by atoms with Crippen LogP contribution in [0.2, 0.25) is 0 Å². The largest absolute Gasteiger partial charge is 0.496 e. The second-order valence-electron chi connectivity index (χ2n) is 4.96. The fourth-order valence-corrected chi connectivity index (χ4v) is 2.58. The van der Waals surface area contributed by atoms with Crippen LogP contribution in [0, 0.1) is 0 Å². The summed E-state index contributed by atoms with van der Waals surface area (Å²) in [5.41, 5.74) is 1.56. The van der Waals surface area contributed by atoms with E-state index in [1.807, 2.05) is 49.0 Å². The lowest BCUT2D eigenvalue weighted by atomic mass is 10.1. The van der Waals surface area contributed by atoms with E-state index in [0.717, 1.165) is 23.1 Å². The Bertz CT molecular complexity index is 811. The molecule has 0 saturated carbocycles. The minimum Gasteiger partial charge on any atom is -0.496 e. The minimum absolute atomic E-state index is 0.121. The molecule has 0 radical (unpaired) electrons. The van der Waals surface area contributed by atoms with Crippen LogP contribution in [0.4, 0.5) is 0 Å². The summed E-state index contributed by atoms with van der Waals surface area (Å²) in [7, 11) is 3.52. The number of carbonyl (C=O) groups is 1. The molecule has 0 aliphatic carbocycles. The van der Waals surface area contributed by atoms with Crippen LogP contribution in [-0.4, -0.2) is 17.5 Å². The summed E-state index contributed by atoms with van der Waals surface area (Å²) in [5.74, 6) is 1.75. The van der Waals surface area contributed by atoms with Crippen molar-refractivity contribution in [3.63, 3.8) is 0 Å². The molecule has 108 valence electrons. The fraction of sp³-hybridized carbons (Fsp3) is 0.235. The molecule has 0 aliphatic heterocycles. The van der Waals surface area contributed by atoms with E-state index in [0.29, 0.717) is 17.1 Å². The summed E-state index contributed by atoms with van der Waals surface area (Å²) in [6.45, 7) is 1.99. The van der Waals surface area contributed by atoms with Gasteiger partial charge in [0.25, 0.3) is 0 Å². The molecule has 0 saturated heterocycles. The Morgan fingerprint density at radius 3 is 2.76 bits per heavy atom. The van der Waals surface area contributed by atoms with Crippen LogP contribution in [0.25, 0.3) is 10.9 Å². The zero-order chi connectivity index (χ0) is 15.0. The lowest BCUT2D eigenvalue weighted by Crippen LogP contribution is -1.99. The maximum atomic E-state index is 12.7. The second kappa shape index (κ2) is 5.13. The average molecular weight is 283 g/mol. The quantitative estimate of drug-likeness (QED) is 0.687. The number of ether oxygens (including phenoxy) is 1. The van der Waals surface area contributed by atoms with Crippen LogP contribution in [-0.2, 0) is 13.5 Å². The molecule has 0 bridgehead atoms. The highest BCUT2D eigenvalue weighted by Crippen LogP contribution is 2.31. The van der Waals surface area contributed by atoms with Crippen LogP contribution in [0.15, 0.2) is 40.9 Å². The molecule has 3 aromatic rings. The highest BCUT2D eigenvalue weighted by Gasteiger charge is 2.21. The molecule has 0 atom stereocenters. The third-order valence-electron chi connectivity index (χ3n) is 3.67. The number of methoxy groups -OCH3 is 1. The van der Waals surface area contributed by atoms with E-state index >= 15 is 0 Å². The molecule has 4 heteroatoms. The lowest BCUT2D eigenvalue weighted by Gasteiger charge is -2.03. The number of hydrogen-bond acceptors (Lipinski definition) is 3. The summed E-state index contributed by atoms with van der Waals surface area (Å²) in [6.07, 6.45) is 2.59. The molecule has 3 rings (SSSR count). The van der Waals surface area contributed by atoms with Gasteiger partial charge in [0.05, 0.1) is 23.6 Å². The smallest absolute Gasteiger partial charge is 0.230 e. The van der Waals surface area contributed by atoms with Crippen molar-refractivity contribution >= 4 is 16.7 Å². The molecule has 21 heavy (non-hydrogen) atoms. The van der Waals surface area contributed by atoms with Gasteiger partial charge in [-0.3, -0.25) is 4.79 Å². The summed E-state index contributed by atoms with van der Waals surface area (Å²) in [4.78, 5) is 12.7. The molecule has 0 amide bonds. The first-order valence-corrected chi connectivity index (χ1v) is 6.91. The Labute approximate surface area is 122 Å². The van der Waals surface area contributed by atoms with E-state index in [1.54, 1.807) is 13.2 Å². The van der Waals surface area contributed by atoms with E-state index in [-0.39, 0.29) is 5.78 Å². The molecule has 2 heterocycles. The van der Waals surface area contributed by atoms with Crippen molar-refractivity contribution in [3.8, 4) is 5.75 Å². The first kappa shape index (κ1) is 13.5. The number of rotatable bonds is 4. The average Bonchev–Trinajstić information content (AvgIpc) is 3.11. The van der Waals surface area contributed by atoms with Gasteiger partial charge in [-0.05, 0) is 24.3 Å². The van der Waals surface area contributed by atoms with Gasteiger partial charge in [-0.25, -0.2) is 0 Å². The number of furan rings is 1. The third-order valence-corrected chi connectivity index (χ3v) is 3.67. The zero-order valence-corrected chi connectivity index (χ0v) is 12.3. The molecule has 0 unspecified atom stereocenters. The molecule has 0 aliphatic rings. The van der Waals surface area contributed by atoms with E-state index in [1.165, 1.54) is 0 Å². The highest BCUT2D eigenvalue weighted by molar-refractivity contribution is 6.16. The van der Waals surface area contributed by atoms with Crippen LogP contribution in [0.5, 0.6) is 5.75 Å². The normalized spacial score (nSPS) is 11.0. The Morgan fingerprint density at radius 2 is 2.10 bits per heavy atom. The van der Waals surface area contributed by atoms with Crippen molar-refractivity contribution in [1.29, 1.82) is 0 Å². The predicted molar refractivity (Wildman–Crippen MR) is 81.0 cm³/mol. The lowest BCUT2D eigenvalue weighted by molar-refractivity contribution is 0.101. The maximum absolute atomic E-state index is 12.7. The van der Waals surface area contributed by atoms with Gasteiger partial charge >= 0.3 is 0 Å². The van der Waals surface area contributed by atoms with Gasteiger partial charge in [-0.15, -0.1) is 0 Å². The number of nitrogens with zero attached hydrogens (tertiary/aromatic N) is 1. The van der Waals surface area contributed by atoms with Crippen molar-refractivity contribution in [2.75, 3.05) is 7.11 Å². The van der Waals surface area contributed by atoms with Crippen molar-refractivity contribution in [2.45, 2.75) is 13.3 Å². The standard InChI is InChI=1S/C17H17NO3/c1-4-11-8-9-15(21-11)17(19)12-10-18(2)13-6-5-7-14(20-3)16(12)13/h5-10H,4H2,1-3H3. The van der Waals surface area contributed by atoms with Crippen LogP contribution in [0.1, 0.15) is 28.8 Å². The van der Waals surface area contributed by atoms with Crippen LogP contribution in [0.3, 0.4) is 0 Å². The number of aromatic nitrogens is 1. The SMILES string of the molecule is CCc1ccc(C(=O)c2cn(C)c3cccc(OC)c23)o1. The number of benzene rings is 1. The Morgan fingerprint density at radius 1 is 1.29 bits per heavy atom. The topological polar surface area (TPSA) is 44.4 Å². The van der Waals surface area contributed by atoms with Gasteiger partial charge in [0.2, 0.25) is 5.78 Å². The number of fused-ring (bicyclic) bond motifs is 1. The minimum atomic E-state index is -0.121. The molecule has 0 N–H and O–H groups in total. The number of ketones is 1. The maximum Gasteiger partial charge on any atom is 0.230 e. The summed E-state index contributed by atoms with van der Waals surface area (Å²) >= 11 is 0. The van der Waals surface area contributed by atoms with Gasteiger partial charge in [0.1, 0.15) is 11.5 Å². The van der Waals surface area contributed by atoms with Crippen LogP contribution < -0.4 is 4.74 Å². The van der Waals surface area contributed by atoms with Gasteiger partial charge in [-0.2, -0.15) is 0 Å². The van der Waals surface area contributed by atoms with E-state index in [2.05, 4.69) is 0 Å². The summed E-state index contributed by atoms with van der Waals surface area (Å²) in [5, 5.41) is 0.821. The first-order chi connectivity index (χ1) is 10.2. The fourth-order valence-electron chi connectivity index (χ4n) is 2.58. The molecular weight excluding hydrogens is 266 g/mol. The van der Waals surface area contributed by atoms with E-state index in [4.69, 9.17) is 9.15 Å². The monoisotopic (exact) mass is 283 g/mol. The number of aryl methyl sites for hydroxylation is 2.